The molecular weight excluding hydrogens is 204 g/mol. The lowest BCUT2D eigenvalue weighted by molar-refractivity contribution is -0.138. The van der Waals surface area contributed by atoms with Crippen LogP contribution in [0.25, 0.3) is 0 Å². The Morgan fingerprint density at radius 3 is 2.69 bits per heavy atom. The Bertz CT molecular complexity index is 367. The van der Waals surface area contributed by atoms with E-state index in [0.717, 1.165) is 12.1 Å². The number of carbonyl (C=O) groups is 1. The molecular formula is C12H20N2O2. The molecule has 1 aromatic heterocycles. The van der Waals surface area contributed by atoms with E-state index in [2.05, 4.69) is 18.9 Å². The molecule has 1 rings (SSSR count). The number of carboxylic acids is 1. The van der Waals surface area contributed by atoms with Gasteiger partial charge in [-0.2, -0.15) is 5.10 Å². The van der Waals surface area contributed by atoms with Crippen LogP contribution in [0.5, 0.6) is 0 Å². The Morgan fingerprint density at radius 1 is 1.56 bits per heavy atom. The van der Waals surface area contributed by atoms with Crippen LogP contribution < -0.4 is 0 Å². The van der Waals surface area contributed by atoms with Crippen LogP contribution in [-0.4, -0.2) is 20.9 Å². The summed E-state index contributed by atoms with van der Waals surface area (Å²) in [5, 5.41) is 13.1. The van der Waals surface area contributed by atoms with Crippen LogP contribution in [0.4, 0.5) is 0 Å². The standard InChI is InChI=1S/C12H20N2O2/c1-9(2)7-14-8-10(6-13-14)12(3,4)5-11(15)16/h6,8-9H,5,7H2,1-4H3,(H,15,16). The lowest BCUT2D eigenvalue weighted by atomic mass is 9.83. The van der Waals surface area contributed by atoms with Crippen LogP contribution >= 0.6 is 0 Å². The van der Waals surface area contributed by atoms with Gasteiger partial charge in [0.1, 0.15) is 0 Å². The minimum Gasteiger partial charge on any atom is -0.481 e. The van der Waals surface area contributed by atoms with Crippen LogP contribution in [0.15, 0.2) is 12.4 Å². The zero-order valence-electron chi connectivity index (χ0n) is 10.4. The molecule has 0 aliphatic carbocycles. The smallest absolute Gasteiger partial charge is 0.304 e. The van der Waals surface area contributed by atoms with Crippen molar-refractivity contribution in [2.24, 2.45) is 5.92 Å². The van der Waals surface area contributed by atoms with Crippen LogP contribution in [0.2, 0.25) is 0 Å². The highest BCUT2D eigenvalue weighted by atomic mass is 16.4. The van der Waals surface area contributed by atoms with Crippen molar-refractivity contribution in [1.29, 1.82) is 0 Å². The molecule has 1 heterocycles. The van der Waals surface area contributed by atoms with E-state index in [1.165, 1.54) is 0 Å². The second-order valence-corrected chi connectivity index (χ2v) is 5.30. The lowest BCUT2D eigenvalue weighted by Gasteiger charge is -2.20. The fourth-order valence-corrected chi connectivity index (χ4v) is 1.67. The minimum absolute atomic E-state index is 0.125. The monoisotopic (exact) mass is 224 g/mol. The van der Waals surface area contributed by atoms with E-state index >= 15 is 0 Å². The second-order valence-electron chi connectivity index (χ2n) is 5.30. The highest BCUT2D eigenvalue weighted by Gasteiger charge is 2.25. The van der Waals surface area contributed by atoms with Gasteiger partial charge in [0.2, 0.25) is 0 Å². The molecule has 0 bridgehead atoms. The number of hydrogen-bond acceptors (Lipinski definition) is 2. The Balaban J connectivity index is 2.80. The van der Waals surface area contributed by atoms with Crippen molar-refractivity contribution in [1.82, 2.24) is 9.78 Å². The summed E-state index contributed by atoms with van der Waals surface area (Å²) in [7, 11) is 0. The van der Waals surface area contributed by atoms with E-state index in [1.807, 2.05) is 24.7 Å². The number of hydrogen-bond donors (Lipinski definition) is 1. The van der Waals surface area contributed by atoms with Gasteiger partial charge in [-0.15, -0.1) is 0 Å². The van der Waals surface area contributed by atoms with Gasteiger partial charge in [0.25, 0.3) is 0 Å². The van der Waals surface area contributed by atoms with Crippen molar-refractivity contribution in [3.8, 4) is 0 Å². The fraction of sp³-hybridized carbons (Fsp3) is 0.667. The molecule has 0 fully saturated rings. The summed E-state index contributed by atoms with van der Waals surface area (Å²) in [5.74, 6) is -0.239. The van der Waals surface area contributed by atoms with Gasteiger partial charge in [-0.25, -0.2) is 0 Å². The molecule has 0 atom stereocenters. The molecule has 90 valence electrons. The number of aromatic nitrogens is 2. The predicted octanol–water partition coefficient (Wildman–Crippen LogP) is 2.29. The third-order valence-electron chi connectivity index (χ3n) is 2.56. The first-order valence-electron chi connectivity index (χ1n) is 5.56. The third kappa shape index (κ3) is 3.36. The van der Waals surface area contributed by atoms with Gasteiger partial charge in [-0.1, -0.05) is 27.7 Å². The van der Waals surface area contributed by atoms with E-state index in [9.17, 15) is 4.79 Å². The quantitative estimate of drug-likeness (QED) is 0.834. The van der Waals surface area contributed by atoms with Crippen LogP contribution in [0, 0.1) is 5.92 Å². The van der Waals surface area contributed by atoms with Gasteiger partial charge >= 0.3 is 5.97 Å². The summed E-state index contributed by atoms with van der Waals surface area (Å²) < 4.78 is 1.88. The van der Waals surface area contributed by atoms with Crippen LogP contribution in [0.3, 0.4) is 0 Å². The van der Waals surface area contributed by atoms with Crippen molar-refractivity contribution in [3.63, 3.8) is 0 Å². The maximum Gasteiger partial charge on any atom is 0.304 e. The Hall–Kier alpha value is -1.32. The predicted molar refractivity (Wildman–Crippen MR) is 62.3 cm³/mol. The highest BCUT2D eigenvalue weighted by Crippen LogP contribution is 2.26. The molecule has 4 heteroatoms. The van der Waals surface area contributed by atoms with Crippen LogP contribution in [0.1, 0.15) is 39.7 Å². The van der Waals surface area contributed by atoms with Crippen molar-refractivity contribution >= 4 is 5.97 Å². The molecule has 1 N–H and O–H groups in total. The average molecular weight is 224 g/mol. The molecule has 0 spiro atoms. The second kappa shape index (κ2) is 4.68. The van der Waals surface area contributed by atoms with Gasteiger partial charge in [0.05, 0.1) is 12.6 Å². The number of aliphatic carboxylic acids is 1. The maximum atomic E-state index is 10.7. The highest BCUT2D eigenvalue weighted by molar-refractivity contribution is 5.68. The summed E-state index contributed by atoms with van der Waals surface area (Å²) in [5.41, 5.74) is 0.622. The van der Waals surface area contributed by atoms with Gasteiger partial charge in [-0.3, -0.25) is 9.48 Å². The van der Waals surface area contributed by atoms with Crippen LogP contribution in [-0.2, 0) is 16.8 Å². The molecule has 0 amide bonds. The topological polar surface area (TPSA) is 55.1 Å². The molecule has 16 heavy (non-hydrogen) atoms. The molecule has 0 unspecified atom stereocenters. The van der Waals surface area contributed by atoms with Gasteiger partial charge in [-0.05, 0) is 11.5 Å². The van der Waals surface area contributed by atoms with Gasteiger partial charge in [0, 0.05) is 18.2 Å². The Morgan fingerprint density at radius 2 is 2.19 bits per heavy atom. The molecule has 0 aliphatic rings. The lowest BCUT2D eigenvalue weighted by Crippen LogP contribution is -2.21. The normalized spacial score (nSPS) is 12.1. The third-order valence-corrected chi connectivity index (χ3v) is 2.56. The molecule has 1 aromatic rings. The molecule has 0 aliphatic heterocycles. The zero-order valence-corrected chi connectivity index (χ0v) is 10.4. The maximum absolute atomic E-state index is 10.7. The minimum atomic E-state index is -0.776. The molecule has 0 radical (unpaired) electrons. The fourth-order valence-electron chi connectivity index (χ4n) is 1.67. The Labute approximate surface area is 96.3 Å². The molecule has 4 nitrogen and oxygen atoms in total. The number of nitrogens with zero attached hydrogens (tertiary/aromatic N) is 2. The average Bonchev–Trinajstić information content (AvgIpc) is 2.49. The summed E-state index contributed by atoms with van der Waals surface area (Å²) in [6.07, 6.45) is 3.84. The first-order valence-corrected chi connectivity index (χ1v) is 5.56. The SMILES string of the molecule is CC(C)Cn1cc(C(C)(C)CC(=O)O)cn1. The van der Waals surface area contributed by atoms with Crippen molar-refractivity contribution < 1.29 is 9.90 Å². The van der Waals surface area contributed by atoms with Crippen molar-refractivity contribution in [2.45, 2.75) is 46.1 Å². The van der Waals surface area contributed by atoms with E-state index in [-0.39, 0.29) is 11.8 Å². The van der Waals surface area contributed by atoms with E-state index in [0.29, 0.717) is 5.92 Å². The summed E-state index contributed by atoms with van der Waals surface area (Å²) in [6.45, 7) is 8.98. The van der Waals surface area contributed by atoms with Crippen molar-refractivity contribution in [3.05, 3.63) is 18.0 Å². The summed E-state index contributed by atoms with van der Waals surface area (Å²) in [4.78, 5) is 10.7. The number of carboxylic acid groups (broad SMARTS) is 1. The summed E-state index contributed by atoms with van der Waals surface area (Å²) >= 11 is 0. The molecule has 0 saturated carbocycles. The van der Waals surface area contributed by atoms with E-state index in [1.54, 1.807) is 6.20 Å². The van der Waals surface area contributed by atoms with Gasteiger partial charge in [0.15, 0.2) is 0 Å². The van der Waals surface area contributed by atoms with E-state index in [4.69, 9.17) is 5.11 Å². The van der Waals surface area contributed by atoms with Gasteiger partial charge < -0.3 is 5.11 Å². The zero-order chi connectivity index (χ0) is 12.3. The Kier molecular flexibility index (Phi) is 3.73. The first-order chi connectivity index (χ1) is 7.31. The summed E-state index contributed by atoms with van der Waals surface area (Å²) in [6, 6.07) is 0. The first kappa shape index (κ1) is 12.7. The van der Waals surface area contributed by atoms with E-state index < -0.39 is 5.97 Å². The largest absolute Gasteiger partial charge is 0.481 e. The molecule has 0 saturated heterocycles. The molecule has 0 aromatic carbocycles. The number of rotatable bonds is 5. The van der Waals surface area contributed by atoms with Crippen molar-refractivity contribution in [2.75, 3.05) is 0 Å².